The molecule has 23 heavy (non-hydrogen) atoms. The van der Waals surface area contributed by atoms with Crippen LogP contribution in [0.2, 0.25) is 5.02 Å². The summed E-state index contributed by atoms with van der Waals surface area (Å²) in [5.41, 5.74) is 0. The van der Waals surface area contributed by atoms with Crippen molar-refractivity contribution in [3.05, 3.63) is 29.3 Å². The van der Waals surface area contributed by atoms with Gasteiger partial charge in [0, 0.05) is 24.0 Å². The number of amides is 1. The summed E-state index contributed by atoms with van der Waals surface area (Å²) in [6.45, 7) is 1.02. The molecule has 1 aliphatic heterocycles. The van der Waals surface area contributed by atoms with E-state index < -0.39 is 5.97 Å². The molecule has 0 radical (unpaired) electrons. The highest BCUT2D eigenvalue weighted by Crippen LogP contribution is 2.22. The Morgan fingerprint density at radius 3 is 2.65 bits per heavy atom. The average molecular weight is 340 g/mol. The molecule has 1 amide bonds. The Kier molecular flexibility index (Phi) is 6.71. The molecule has 1 aromatic rings. The number of aliphatic carboxylic acids is 1. The summed E-state index contributed by atoms with van der Waals surface area (Å²) in [5.74, 6) is -0.0913. The van der Waals surface area contributed by atoms with Crippen molar-refractivity contribution in [1.29, 1.82) is 0 Å². The number of hydrogen-bond donors (Lipinski definition) is 1. The Bertz CT molecular complexity index is 532. The second-order valence-electron chi connectivity index (χ2n) is 5.72. The highest BCUT2D eigenvalue weighted by molar-refractivity contribution is 6.30. The first-order valence-corrected chi connectivity index (χ1v) is 8.33. The van der Waals surface area contributed by atoms with Gasteiger partial charge in [-0.25, -0.2) is 0 Å². The predicted molar refractivity (Wildman–Crippen MR) is 87.8 cm³/mol. The summed E-state index contributed by atoms with van der Waals surface area (Å²) in [6.07, 6.45) is 3.85. The number of nitrogens with zero attached hydrogens (tertiary/aromatic N) is 1. The molecule has 1 aromatic carbocycles. The van der Waals surface area contributed by atoms with E-state index in [0.29, 0.717) is 36.8 Å². The van der Waals surface area contributed by atoms with Crippen LogP contribution in [0.15, 0.2) is 24.3 Å². The van der Waals surface area contributed by atoms with Gasteiger partial charge in [0.15, 0.2) is 0 Å². The maximum absolute atomic E-state index is 12.4. The van der Waals surface area contributed by atoms with Crippen LogP contribution in [-0.2, 0) is 9.59 Å². The van der Waals surface area contributed by atoms with Gasteiger partial charge in [0.25, 0.3) is 0 Å². The average Bonchev–Trinajstić information content (AvgIpc) is 2.55. The first-order chi connectivity index (χ1) is 11.1. The molecule has 0 bridgehead atoms. The number of ether oxygens (including phenoxy) is 1. The summed E-state index contributed by atoms with van der Waals surface area (Å²) in [4.78, 5) is 24.9. The van der Waals surface area contributed by atoms with Crippen LogP contribution in [0.4, 0.5) is 0 Å². The lowest BCUT2D eigenvalue weighted by molar-refractivity contribution is -0.140. The van der Waals surface area contributed by atoms with Gasteiger partial charge in [-0.05, 0) is 49.9 Å². The Morgan fingerprint density at radius 2 is 1.96 bits per heavy atom. The van der Waals surface area contributed by atoms with Crippen LogP contribution in [0.1, 0.15) is 38.5 Å². The highest BCUT2D eigenvalue weighted by atomic mass is 35.5. The molecule has 1 N–H and O–H groups in total. The van der Waals surface area contributed by atoms with Crippen molar-refractivity contribution in [2.75, 3.05) is 13.2 Å². The molecule has 1 heterocycles. The van der Waals surface area contributed by atoms with Crippen molar-refractivity contribution >= 4 is 23.5 Å². The second-order valence-corrected chi connectivity index (χ2v) is 6.16. The smallest absolute Gasteiger partial charge is 0.303 e. The van der Waals surface area contributed by atoms with E-state index in [1.807, 2.05) is 4.90 Å². The van der Waals surface area contributed by atoms with Crippen LogP contribution in [0, 0.1) is 0 Å². The van der Waals surface area contributed by atoms with E-state index in [9.17, 15) is 9.59 Å². The topological polar surface area (TPSA) is 66.8 Å². The molecule has 0 spiro atoms. The van der Waals surface area contributed by atoms with Crippen molar-refractivity contribution in [3.8, 4) is 5.75 Å². The number of carboxylic acid groups (broad SMARTS) is 1. The van der Waals surface area contributed by atoms with Crippen LogP contribution in [0.3, 0.4) is 0 Å². The third-order valence-corrected chi connectivity index (χ3v) is 4.29. The van der Waals surface area contributed by atoms with E-state index in [4.69, 9.17) is 21.4 Å². The molecule has 126 valence electrons. The van der Waals surface area contributed by atoms with Crippen LogP contribution in [0.25, 0.3) is 0 Å². The van der Waals surface area contributed by atoms with Crippen molar-refractivity contribution in [1.82, 2.24) is 4.90 Å². The number of benzene rings is 1. The number of halogens is 1. The van der Waals surface area contributed by atoms with E-state index in [0.717, 1.165) is 19.3 Å². The quantitative estimate of drug-likeness (QED) is 0.827. The van der Waals surface area contributed by atoms with E-state index in [2.05, 4.69) is 0 Å². The number of likely N-dealkylation sites (tertiary alicyclic amines) is 1. The summed E-state index contributed by atoms with van der Waals surface area (Å²) in [6, 6.07) is 7.06. The molecule has 5 nitrogen and oxygen atoms in total. The summed E-state index contributed by atoms with van der Waals surface area (Å²) in [5, 5.41) is 9.46. The van der Waals surface area contributed by atoms with Crippen molar-refractivity contribution in [2.24, 2.45) is 0 Å². The van der Waals surface area contributed by atoms with Gasteiger partial charge in [-0.1, -0.05) is 11.6 Å². The minimum absolute atomic E-state index is 0.0362. The molecule has 1 unspecified atom stereocenters. The summed E-state index contributed by atoms with van der Waals surface area (Å²) in [7, 11) is 0. The minimum Gasteiger partial charge on any atom is -0.493 e. The van der Waals surface area contributed by atoms with Crippen molar-refractivity contribution < 1.29 is 19.4 Å². The molecule has 1 saturated heterocycles. The van der Waals surface area contributed by atoms with Crippen LogP contribution < -0.4 is 4.74 Å². The lowest BCUT2D eigenvalue weighted by atomic mass is 9.97. The zero-order chi connectivity index (χ0) is 16.7. The Morgan fingerprint density at radius 1 is 1.22 bits per heavy atom. The van der Waals surface area contributed by atoms with Crippen LogP contribution in [0.5, 0.6) is 5.75 Å². The van der Waals surface area contributed by atoms with Gasteiger partial charge >= 0.3 is 5.97 Å². The monoisotopic (exact) mass is 339 g/mol. The molecular weight excluding hydrogens is 318 g/mol. The molecule has 1 fully saturated rings. The van der Waals surface area contributed by atoms with E-state index in [-0.39, 0.29) is 18.4 Å². The summed E-state index contributed by atoms with van der Waals surface area (Å²) >= 11 is 5.81. The normalized spacial score (nSPS) is 17.8. The third kappa shape index (κ3) is 5.75. The highest BCUT2D eigenvalue weighted by Gasteiger charge is 2.26. The van der Waals surface area contributed by atoms with E-state index >= 15 is 0 Å². The standard InChI is InChI=1S/C17H22ClNO4/c18-13-4-7-15(8-5-13)23-12-10-16(20)19-11-2-1-3-14(19)6-9-17(21)22/h4-5,7-8,14H,1-3,6,9-12H2,(H,21,22). The number of carbonyl (C=O) groups is 2. The number of rotatable bonds is 7. The molecule has 1 atom stereocenters. The Labute approximate surface area is 141 Å². The number of carbonyl (C=O) groups excluding carboxylic acids is 1. The Hall–Kier alpha value is -1.75. The second kappa shape index (κ2) is 8.77. The molecule has 2 rings (SSSR count). The van der Waals surface area contributed by atoms with E-state index in [1.165, 1.54) is 0 Å². The lowest BCUT2D eigenvalue weighted by Gasteiger charge is -2.35. The molecular formula is C17H22ClNO4. The van der Waals surface area contributed by atoms with Gasteiger partial charge < -0.3 is 14.7 Å². The van der Waals surface area contributed by atoms with Gasteiger partial charge in [0.2, 0.25) is 5.91 Å². The zero-order valence-electron chi connectivity index (χ0n) is 13.0. The van der Waals surface area contributed by atoms with Gasteiger partial charge in [-0.15, -0.1) is 0 Å². The fourth-order valence-electron chi connectivity index (χ4n) is 2.85. The molecule has 0 aliphatic carbocycles. The van der Waals surface area contributed by atoms with Gasteiger partial charge in [0.05, 0.1) is 13.0 Å². The first kappa shape index (κ1) is 17.6. The maximum atomic E-state index is 12.4. The number of carboxylic acids is 1. The first-order valence-electron chi connectivity index (χ1n) is 7.96. The number of hydrogen-bond acceptors (Lipinski definition) is 3. The fraction of sp³-hybridized carbons (Fsp3) is 0.529. The lowest BCUT2D eigenvalue weighted by Crippen LogP contribution is -2.44. The predicted octanol–water partition coefficient (Wildman–Crippen LogP) is 3.35. The van der Waals surface area contributed by atoms with Gasteiger partial charge in [-0.3, -0.25) is 9.59 Å². The number of piperidine rings is 1. The fourth-order valence-corrected chi connectivity index (χ4v) is 2.98. The van der Waals surface area contributed by atoms with Crippen molar-refractivity contribution in [3.63, 3.8) is 0 Å². The summed E-state index contributed by atoms with van der Waals surface area (Å²) < 4.78 is 5.56. The minimum atomic E-state index is -0.811. The van der Waals surface area contributed by atoms with E-state index in [1.54, 1.807) is 24.3 Å². The molecule has 0 saturated carbocycles. The molecule has 6 heteroatoms. The van der Waals surface area contributed by atoms with Gasteiger partial charge in [-0.2, -0.15) is 0 Å². The maximum Gasteiger partial charge on any atom is 0.303 e. The third-order valence-electron chi connectivity index (χ3n) is 4.04. The van der Waals surface area contributed by atoms with Crippen molar-refractivity contribution in [2.45, 2.75) is 44.6 Å². The van der Waals surface area contributed by atoms with Crippen LogP contribution in [-0.4, -0.2) is 41.1 Å². The SMILES string of the molecule is O=C(O)CCC1CCCCN1C(=O)CCOc1ccc(Cl)cc1. The largest absolute Gasteiger partial charge is 0.493 e. The molecule has 0 aromatic heterocycles. The Balaban J connectivity index is 1.80. The van der Waals surface area contributed by atoms with Crippen LogP contribution >= 0.6 is 11.6 Å². The molecule has 1 aliphatic rings. The zero-order valence-corrected chi connectivity index (χ0v) is 13.8. The van der Waals surface area contributed by atoms with Gasteiger partial charge in [0.1, 0.15) is 5.75 Å².